The summed E-state index contributed by atoms with van der Waals surface area (Å²) in [5.41, 5.74) is -2.45. The second-order valence-electron chi connectivity index (χ2n) is 5.56. The maximum absolute atomic E-state index is 14.1. The zero-order chi connectivity index (χ0) is 16.8. The van der Waals surface area contributed by atoms with E-state index in [9.17, 15) is 22.4 Å². The summed E-state index contributed by atoms with van der Waals surface area (Å²) in [5.74, 6) is -2.39. The molecule has 1 N–H and O–H groups in total. The number of sulfonamides is 1. The lowest BCUT2D eigenvalue weighted by Crippen LogP contribution is -2.44. The van der Waals surface area contributed by atoms with E-state index >= 15 is 0 Å². The van der Waals surface area contributed by atoms with Crippen molar-refractivity contribution in [1.82, 2.24) is 9.80 Å². The molecular weight excluding hydrogens is 329 g/mol. The van der Waals surface area contributed by atoms with Gasteiger partial charge < -0.3 is 14.9 Å². The zero-order valence-electron chi connectivity index (χ0n) is 12.0. The van der Waals surface area contributed by atoms with Crippen molar-refractivity contribution < 1.29 is 27.5 Å². The molecule has 0 aromatic heterocycles. The fourth-order valence-electron chi connectivity index (χ4n) is 2.67. The number of amidine groups is 1. The van der Waals surface area contributed by atoms with E-state index in [0.29, 0.717) is 0 Å². The van der Waals surface area contributed by atoms with Gasteiger partial charge in [0.15, 0.2) is 5.84 Å². The first-order valence-corrected chi connectivity index (χ1v) is 8.52. The van der Waals surface area contributed by atoms with E-state index in [-0.39, 0.29) is 36.7 Å². The van der Waals surface area contributed by atoms with Crippen LogP contribution in [0.5, 0.6) is 0 Å². The molecule has 10 heteroatoms. The van der Waals surface area contributed by atoms with E-state index in [4.69, 9.17) is 5.11 Å². The minimum Gasteiger partial charge on any atom is -0.479 e. The van der Waals surface area contributed by atoms with Gasteiger partial charge in [-0.05, 0) is 12.2 Å². The molecule has 3 aliphatic heterocycles. The van der Waals surface area contributed by atoms with E-state index in [1.54, 1.807) is 12.3 Å². The number of likely N-dealkylation sites (tertiary alicyclic amines) is 1. The van der Waals surface area contributed by atoms with E-state index in [1.807, 2.05) is 0 Å². The Balaban J connectivity index is 1.88. The molecule has 3 rings (SSSR count). The number of carbonyl (C=O) groups is 2. The first-order valence-electron chi connectivity index (χ1n) is 6.92. The Bertz CT molecular complexity index is 772. The van der Waals surface area contributed by atoms with E-state index in [2.05, 4.69) is 4.40 Å². The average Bonchev–Trinajstić information content (AvgIpc) is 2.89. The number of halogens is 1. The van der Waals surface area contributed by atoms with Crippen molar-refractivity contribution in [2.45, 2.75) is 12.1 Å². The molecule has 1 saturated heterocycles. The van der Waals surface area contributed by atoms with Gasteiger partial charge in [0.05, 0.1) is 17.9 Å². The summed E-state index contributed by atoms with van der Waals surface area (Å²) in [6.45, 7) is -0.449. The number of alkyl halides is 1. The molecule has 8 nitrogen and oxygen atoms in total. The second kappa shape index (κ2) is 5.15. The largest absolute Gasteiger partial charge is 0.479 e. The minimum absolute atomic E-state index is 0.00423. The first-order chi connectivity index (χ1) is 10.7. The summed E-state index contributed by atoms with van der Waals surface area (Å²) in [6.07, 6.45) is 4.27. The lowest BCUT2D eigenvalue weighted by atomic mass is 10.1. The van der Waals surface area contributed by atoms with Gasteiger partial charge >= 0.3 is 5.97 Å². The van der Waals surface area contributed by atoms with Gasteiger partial charge in [-0.3, -0.25) is 4.79 Å². The second-order valence-corrected chi connectivity index (χ2v) is 7.32. The van der Waals surface area contributed by atoms with Crippen LogP contribution in [0.3, 0.4) is 0 Å². The maximum atomic E-state index is 14.1. The number of rotatable bonds is 2. The third kappa shape index (κ3) is 2.74. The number of hydrogen-bond donors (Lipinski definition) is 1. The van der Waals surface area contributed by atoms with Gasteiger partial charge in [0.1, 0.15) is 0 Å². The molecule has 23 heavy (non-hydrogen) atoms. The molecule has 0 bridgehead atoms. The van der Waals surface area contributed by atoms with Crippen LogP contribution >= 0.6 is 0 Å². The van der Waals surface area contributed by atoms with Crippen molar-refractivity contribution in [3.05, 3.63) is 23.9 Å². The highest BCUT2D eigenvalue weighted by atomic mass is 32.2. The van der Waals surface area contributed by atoms with Gasteiger partial charge in [0.2, 0.25) is 5.67 Å². The fourth-order valence-corrected chi connectivity index (χ4v) is 3.66. The molecule has 1 unspecified atom stereocenters. The number of allylic oxidation sites excluding steroid dienone is 2. The molecule has 0 saturated carbocycles. The standard InChI is InChI=1S/C13H14FN3O5S/c14-13(12(19)20)3-5-17(8-13)11(18)9-2-1-4-16-6-7-23(21,22)15-10(9)16/h1-2,4H,3,5-8H2,(H,19,20). The van der Waals surface area contributed by atoms with E-state index < -0.39 is 34.1 Å². The molecule has 1 amide bonds. The van der Waals surface area contributed by atoms with Crippen LogP contribution in [0, 0.1) is 0 Å². The number of amides is 1. The number of aliphatic carboxylic acids is 1. The number of carboxylic acid groups (broad SMARTS) is 1. The zero-order valence-corrected chi connectivity index (χ0v) is 12.8. The summed E-state index contributed by atoms with van der Waals surface area (Å²) < 4.78 is 41.0. The number of carbonyl (C=O) groups excluding carboxylic acids is 1. The Labute approximate surface area is 131 Å². The predicted molar refractivity (Wildman–Crippen MR) is 77.8 cm³/mol. The highest BCUT2D eigenvalue weighted by Crippen LogP contribution is 2.28. The summed E-state index contributed by atoms with van der Waals surface area (Å²) in [4.78, 5) is 26.1. The summed E-state index contributed by atoms with van der Waals surface area (Å²) in [6, 6.07) is 0. The molecule has 3 heterocycles. The molecule has 0 spiro atoms. The van der Waals surface area contributed by atoms with Crippen LogP contribution in [0.25, 0.3) is 0 Å². The Hall–Kier alpha value is -2.23. The Morgan fingerprint density at radius 3 is 2.74 bits per heavy atom. The Morgan fingerprint density at radius 1 is 1.35 bits per heavy atom. The molecule has 0 aromatic carbocycles. The van der Waals surface area contributed by atoms with Crippen molar-refractivity contribution in [2.75, 3.05) is 25.4 Å². The molecule has 124 valence electrons. The van der Waals surface area contributed by atoms with Crippen molar-refractivity contribution in [3.8, 4) is 0 Å². The quantitative estimate of drug-likeness (QED) is 0.725. The average molecular weight is 343 g/mol. The Morgan fingerprint density at radius 2 is 2.09 bits per heavy atom. The fraction of sp³-hybridized carbons (Fsp3) is 0.462. The molecule has 1 atom stereocenters. The lowest BCUT2D eigenvalue weighted by molar-refractivity contribution is -0.150. The number of fused-ring (bicyclic) bond motifs is 1. The van der Waals surface area contributed by atoms with Crippen LogP contribution in [0.4, 0.5) is 4.39 Å². The van der Waals surface area contributed by atoms with E-state index in [0.717, 1.165) is 4.90 Å². The first kappa shape index (κ1) is 15.7. The van der Waals surface area contributed by atoms with Gasteiger partial charge in [-0.25, -0.2) is 17.6 Å². The number of carboxylic acids is 1. The van der Waals surface area contributed by atoms with Crippen molar-refractivity contribution >= 4 is 27.7 Å². The molecular formula is C13H14FN3O5S. The van der Waals surface area contributed by atoms with Gasteiger partial charge in [-0.1, -0.05) is 0 Å². The normalized spacial score (nSPS) is 28.9. The summed E-state index contributed by atoms with van der Waals surface area (Å²) in [7, 11) is -3.65. The molecule has 0 aromatic rings. The van der Waals surface area contributed by atoms with Crippen molar-refractivity contribution in [1.29, 1.82) is 0 Å². The molecule has 0 aliphatic carbocycles. The summed E-state index contributed by atoms with van der Waals surface area (Å²) >= 11 is 0. The lowest BCUT2D eigenvalue weighted by Gasteiger charge is -2.30. The smallest absolute Gasteiger partial charge is 0.343 e. The van der Waals surface area contributed by atoms with Gasteiger partial charge in [0, 0.05) is 25.7 Å². The van der Waals surface area contributed by atoms with Crippen LogP contribution in [0.15, 0.2) is 28.3 Å². The molecule has 3 aliphatic rings. The highest BCUT2D eigenvalue weighted by molar-refractivity contribution is 7.90. The third-order valence-electron chi connectivity index (χ3n) is 3.98. The SMILES string of the molecule is O=C(C1=CC=CN2CCS(=O)(=O)N=C12)N1CCC(F)(C(=O)O)C1. The van der Waals surface area contributed by atoms with Gasteiger partial charge in [-0.2, -0.15) is 0 Å². The number of hydrogen-bond acceptors (Lipinski definition) is 5. The van der Waals surface area contributed by atoms with Crippen molar-refractivity contribution in [3.63, 3.8) is 0 Å². The third-order valence-corrected chi connectivity index (χ3v) is 5.13. The van der Waals surface area contributed by atoms with Crippen molar-refractivity contribution in [2.24, 2.45) is 4.40 Å². The highest BCUT2D eigenvalue weighted by Gasteiger charge is 2.48. The van der Waals surface area contributed by atoms with Crippen LogP contribution in [0.2, 0.25) is 0 Å². The van der Waals surface area contributed by atoms with Crippen LogP contribution in [-0.2, 0) is 19.6 Å². The van der Waals surface area contributed by atoms with E-state index in [1.165, 1.54) is 11.0 Å². The van der Waals surface area contributed by atoms with Gasteiger partial charge in [0.25, 0.3) is 15.9 Å². The maximum Gasteiger partial charge on any atom is 0.343 e. The van der Waals surface area contributed by atoms with Gasteiger partial charge in [-0.15, -0.1) is 4.40 Å². The molecule has 0 radical (unpaired) electrons. The monoisotopic (exact) mass is 343 g/mol. The van der Waals surface area contributed by atoms with Crippen LogP contribution in [0.1, 0.15) is 6.42 Å². The minimum atomic E-state index is -3.65. The summed E-state index contributed by atoms with van der Waals surface area (Å²) in [5, 5.41) is 8.89. The van der Waals surface area contributed by atoms with Crippen LogP contribution in [-0.4, -0.2) is 72.1 Å². The topological polar surface area (TPSA) is 107 Å². The number of nitrogens with zero attached hydrogens (tertiary/aromatic N) is 3. The Kier molecular flexibility index (Phi) is 3.51. The molecule has 1 fully saturated rings. The van der Waals surface area contributed by atoms with Crippen LogP contribution < -0.4 is 0 Å². The predicted octanol–water partition coefficient (Wildman–Crippen LogP) is -0.491.